The highest BCUT2D eigenvalue weighted by molar-refractivity contribution is 5.77. The minimum atomic E-state index is -0.858. The van der Waals surface area contributed by atoms with Gasteiger partial charge in [0.1, 0.15) is 6.04 Å². The maximum Gasteiger partial charge on any atom is 0.326 e. The number of nitrogens with zero attached hydrogens (tertiary/aromatic N) is 1. The van der Waals surface area contributed by atoms with Crippen LogP contribution >= 0.6 is 0 Å². The van der Waals surface area contributed by atoms with Gasteiger partial charge in [0.25, 0.3) is 0 Å². The summed E-state index contributed by atoms with van der Waals surface area (Å²) >= 11 is 0. The van der Waals surface area contributed by atoms with Gasteiger partial charge in [-0.2, -0.15) is 5.26 Å². The Bertz CT molecular complexity index is 418. The number of aliphatic carboxylic acids is 1. The zero-order valence-electron chi connectivity index (χ0n) is 9.97. The van der Waals surface area contributed by atoms with Crippen molar-refractivity contribution in [3.05, 3.63) is 29.8 Å². The van der Waals surface area contributed by atoms with E-state index in [1.165, 1.54) is 0 Å². The molecule has 0 bridgehead atoms. The van der Waals surface area contributed by atoms with Crippen molar-refractivity contribution in [1.29, 1.82) is 5.26 Å². The summed E-state index contributed by atoms with van der Waals surface area (Å²) < 4.78 is 0. The number of benzene rings is 1. The summed E-state index contributed by atoms with van der Waals surface area (Å²) in [4.78, 5) is 11.0. The van der Waals surface area contributed by atoms with Gasteiger partial charge in [-0.25, -0.2) is 4.79 Å². The van der Waals surface area contributed by atoms with E-state index in [9.17, 15) is 4.79 Å². The van der Waals surface area contributed by atoms with E-state index in [-0.39, 0.29) is 0 Å². The van der Waals surface area contributed by atoms with Gasteiger partial charge in [0.15, 0.2) is 0 Å². The second-order valence-electron chi connectivity index (χ2n) is 4.35. The number of carboxylic acid groups (broad SMARTS) is 1. The number of hydrogen-bond acceptors (Lipinski definition) is 3. The summed E-state index contributed by atoms with van der Waals surface area (Å²) in [5.41, 5.74) is 1.28. The molecule has 2 N–H and O–H groups in total. The van der Waals surface area contributed by atoms with Crippen molar-refractivity contribution < 1.29 is 9.90 Å². The van der Waals surface area contributed by atoms with Crippen LogP contribution in [0, 0.1) is 17.2 Å². The molecule has 0 aromatic heterocycles. The number of carbonyl (C=O) groups is 1. The lowest BCUT2D eigenvalue weighted by molar-refractivity contribution is -0.138. The van der Waals surface area contributed by atoms with Crippen LogP contribution in [-0.4, -0.2) is 17.1 Å². The highest BCUT2D eigenvalue weighted by Gasteiger charge is 2.18. The maximum atomic E-state index is 11.0. The van der Waals surface area contributed by atoms with Crippen LogP contribution < -0.4 is 5.32 Å². The Morgan fingerprint density at radius 3 is 2.41 bits per heavy atom. The Kier molecular flexibility index (Phi) is 4.53. The van der Waals surface area contributed by atoms with Gasteiger partial charge in [-0.05, 0) is 36.6 Å². The SMILES string of the molecule is CC(C)C[C@@H](Nc1ccc(C#N)cc1)C(=O)O. The zero-order valence-corrected chi connectivity index (χ0v) is 9.97. The third-order valence-corrected chi connectivity index (χ3v) is 2.36. The van der Waals surface area contributed by atoms with Crippen molar-refractivity contribution in [3.63, 3.8) is 0 Å². The molecule has 0 aliphatic carbocycles. The molecule has 17 heavy (non-hydrogen) atoms. The molecule has 1 aromatic rings. The molecule has 4 nitrogen and oxygen atoms in total. The average molecular weight is 232 g/mol. The number of anilines is 1. The third-order valence-electron chi connectivity index (χ3n) is 2.36. The molecule has 0 unspecified atom stereocenters. The van der Waals surface area contributed by atoms with E-state index >= 15 is 0 Å². The molecule has 0 heterocycles. The second-order valence-corrected chi connectivity index (χ2v) is 4.35. The lowest BCUT2D eigenvalue weighted by atomic mass is 10.0. The van der Waals surface area contributed by atoms with Gasteiger partial charge in [-0.15, -0.1) is 0 Å². The van der Waals surface area contributed by atoms with Crippen molar-refractivity contribution in [2.45, 2.75) is 26.3 Å². The largest absolute Gasteiger partial charge is 0.480 e. The van der Waals surface area contributed by atoms with E-state index in [0.29, 0.717) is 17.9 Å². The fourth-order valence-corrected chi connectivity index (χ4v) is 1.54. The molecule has 0 aliphatic heterocycles. The van der Waals surface area contributed by atoms with Gasteiger partial charge in [0.05, 0.1) is 11.6 Å². The first-order valence-electron chi connectivity index (χ1n) is 5.52. The quantitative estimate of drug-likeness (QED) is 0.817. The van der Waals surface area contributed by atoms with E-state index in [0.717, 1.165) is 5.69 Å². The van der Waals surface area contributed by atoms with Gasteiger partial charge in [-0.1, -0.05) is 13.8 Å². The molecule has 0 radical (unpaired) electrons. The van der Waals surface area contributed by atoms with Gasteiger partial charge in [0, 0.05) is 5.69 Å². The van der Waals surface area contributed by atoms with Crippen molar-refractivity contribution in [3.8, 4) is 6.07 Å². The molecular formula is C13H16N2O2. The Hall–Kier alpha value is -2.02. The first kappa shape index (κ1) is 13.0. The van der Waals surface area contributed by atoms with Crippen molar-refractivity contribution in [2.24, 2.45) is 5.92 Å². The molecule has 0 amide bonds. The van der Waals surface area contributed by atoms with Crippen molar-refractivity contribution >= 4 is 11.7 Å². The third kappa shape index (κ3) is 4.15. The number of carboxylic acids is 1. The normalized spacial score (nSPS) is 11.9. The molecular weight excluding hydrogens is 216 g/mol. The maximum absolute atomic E-state index is 11.0. The molecule has 90 valence electrons. The monoisotopic (exact) mass is 232 g/mol. The summed E-state index contributed by atoms with van der Waals surface area (Å²) in [6.07, 6.45) is 0.565. The van der Waals surface area contributed by atoms with Crippen LogP contribution in [0.25, 0.3) is 0 Å². The summed E-state index contributed by atoms with van der Waals surface area (Å²) in [6.45, 7) is 3.97. The molecule has 0 spiro atoms. The minimum absolute atomic E-state index is 0.307. The van der Waals surface area contributed by atoms with E-state index in [4.69, 9.17) is 10.4 Å². The van der Waals surface area contributed by atoms with Crippen LogP contribution in [0.1, 0.15) is 25.8 Å². The first-order valence-corrected chi connectivity index (χ1v) is 5.52. The zero-order chi connectivity index (χ0) is 12.8. The van der Waals surface area contributed by atoms with Crippen LogP contribution in [0.4, 0.5) is 5.69 Å². The Labute approximate surface area is 101 Å². The van der Waals surface area contributed by atoms with E-state index in [1.54, 1.807) is 24.3 Å². The lowest BCUT2D eigenvalue weighted by Crippen LogP contribution is -2.30. The van der Waals surface area contributed by atoms with E-state index in [2.05, 4.69) is 5.32 Å². The summed E-state index contributed by atoms with van der Waals surface area (Å²) in [5, 5.41) is 20.7. The van der Waals surface area contributed by atoms with Crippen LogP contribution in [-0.2, 0) is 4.79 Å². The van der Waals surface area contributed by atoms with Gasteiger partial charge >= 0.3 is 5.97 Å². The highest BCUT2D eigenvalue weighted by atomic mass is 16.4. The predicted octanol–water partition coefficient (Wildman–Crippen LogP) is 2.47. The molecule has 0 fully saturated rings. The Balaban J connectivity index is 2.72. The molecule has 1 rings (SSSR count). The lowest BCUT2D eigenvalue weighted by Gasteiger charge is -2.17. The number of rotatable bonds is 5. The molecule has 1 atom stereocenters. The minimum Gasteiger partial charge on any atom is -0.480 e. The summed E-state index contributed by atoms with van der Waals surface area (Å²) in [5.74, 6) is -0.551. The fraction of sp³-hybridized carbons (Fsp3) is 0.385. The van der Waals surface area contributed by atoms with E-state index in [1.807, 2.05) is 19.9 Å². The topological polar surface area (TPSA) is 73.1 Å². The fourth-order valence-electron chi connectivity index (χ4n) is 1.54. The second kappa shape index (κ2) is 5.90. The number of nitriles is 1. The Morgan fingerprint density at radius 2 is 2.00 bits per heavy atom. The standard InChI is InChI=1S/C13H16N2O2/c1-9(2)7-12(13(16)17)15-11-5-3-10(8-14)4-6-11/h3-6,9,12,15H,7H2,1-2H3,(H,16,17)/t12-/m1/s1. The van der Waals surface area contributed by atoms with Crippen LogP contribution in [0.3, 0.4) is 0 Å². The van der Waals surface area contributed by atoms with Gasteiger partial charge in [0.2, 0.25) is 0 Å². The molecule has 1 aromatic carbocycles. The first-order chi connectivity index (χ1) is 8.02. The molecule has 4 heteroatoms. The molecule has 0 aliphatic rings. The number of hydrogen-bond donors (Lipinski definition) is 2. The number of nitrogens with one attached hydrogen (secondary N) is 1. The summed E-state index contributed by atoms with van der Waals surface area (Å²) in [6, 6.07) is 8.18. The average Bonchev–Trinajstić information content (AvgIpc) is 2.28. The predicted molar refractivity (Wildman–Crippen MR) is 65.7 cm³/mol. The molecule has 0 saturated carbocycles. The van der Waals surface area contributed by atoms with Crippen LogP contribution in [0.5, 0.6) is 0 Å². The Morgan fingerprint density at radius 1 is 1.41 bits per heavy atom. The molecule has 0 saturated heterocycles. The van der Waals surface area contributed by atoms with Crippen LogP contribution in [0.2, 0.25) is 0 Å². The van der Waals surface area contributed by atoms with Crippen LogP contribution in [0.15, 0.2) is 24.3 Å². The van der Waals surface area contributed by atoms with Gasteiger partial charge in [-0.3, -0.25) is 0 Å². The summed E-state index contributed by atoms with van der Waals surface area (Å²) in [7, 11) is 0. The van der Waals surface area contributed by atoms with Crippen molar-refractivity contribution in [1.82, 2.24) is 0 Å². The highest BCUT2D eigenvalue weighted by Crippen LogP contribution is 2.14. The van der Waals surface area contributed by atoms with Crippen molar-refractivity contribution in [2.75, 3.05) is 5.32 Å². The van der Waals surface area contributed by atoms with Gasteiger partial charge < -0.3 is 10.4 Å². The smallest absolute Gasteiger partial charge is 0.326 e. The van der Waals surface area contributed by atoms with E-state index < -0.39 is 12.0 Å².